The molecule has 0 aliphatic heterocycles. The van der Waals surface area contributed by atoms with Gasteiger partial charge in [-0.25, -0.2) is 0 Å². The normalized spacial score (nSPS) is 10.8. The second kappa shape index (κ2) is 7.81. The average Bonchev–Trinajstić information content (AvgIpc) is 2.39. The highest BCUT2D eigenvalue weighted by atomic mass is 16.1. The van der Waals surface area contributed by atoms with Crippen LogP contribution >= 0.6 is 0 Å². The maximum Gasteiger partial charge on any atom is 0.270 e. The van der Waals surface area contributed by atoms with Gasteiger partial charge < -0.3 is 15.6 Å². The summed E-state index contributed by atoms with van der Waals surface area (Å²) in [5, 5.41) is 16.8. The Morgan fingerprint density at radius 3 is 3.11 bits per heavy atom. The molecule has 0 bridgehead atoms. The van der Waals surface area contributed by atoms with Crippen molar-refractivity contribution in [3.8, 4) is 6.19 Å². The Balaban J connectivity index is 2.22. The Kier molecular flexibility index (Phi) is 5.93. The number of nitrogens with zero attached hydrogens (tertiary/aromatic N) is 3. The van der Waals surface area contributed by atoms with Gasteiger partial charge in [-0.05, 0) is 0 Å². The van der Waals surface area contributed by atoms with E-state index in [1.165, 1.54) is 12.4 Å². The zero-order valence-electron chi connectivity index (χ0n) is 10.0. The molecular formula is C10H15N7O. The maximum absolute atomic E-state index is 11.3. The van der Waals surface area contributed by atoms with Gasteiger partial charge in [-0.2, -0.15) is 5.26 Å². The summed E-state index contributed by atoms with van der Waals surface area (Å²) >= 11 is 0. The molecule has 0 saturated carbocycles. The van der Waals surface area contributed by atoms with E-state index in [-0.39, 0.29) is 5.56 Å². The molecule has 1 aromatic heterocycles. The smallest absolute Gasteiger partial charge is 0.270 e. The number of hydrogen-bond acceptors (Lipinski definition) is 5. The van der Waals surface area contributed by atoms with E-state index in [2.05, 4.69) is 30.9 Å². The van der Waals surface area contributed by atoms with Crippen molar-refractivity contribution < 1.29 is 0 Å². The van der Waals surface area contributed by atoms with Gasteiger partial charge in [-0.15, -0.1) is 0 Å². The van der Waals surface area contributed by atoms with Gasteiger partial charge in [0.25, 0.3) is 5.56 Å². The minimum Gasteiger partial charge on any atom is -0.354 e. The Labute approximate surface area is 104 Å². The molecule has 0 aliphatic rings. The first-order valence-corrected chi connectivity index (χ1v) is 5.37. The Bertz CT molecular complexity index is 487. The summed E-state index contributed by atoms with van der Waals surface area (Å²) in [6.07, 6.45) is 4.80. The van der Waals surface area contributed by atoms with E-state index >= 15 is 0 Å². The van der Waals surface area contributed by atoms with Gasteiger partial charge in [0.05, 0.1) is 0 Å². The van der Waals surface area contributed by atoms with Crippen molar-refractivity contribution in [2.75, 3.05) is 20.1 Å². The number of nitrogens with one attached hydrogen (secondary N) is 4. The van der Waals surface area contributed by atoms with Gasteiger partial charge >= 0.3 is 0 Å². The molecule has 18 heavy (non-hydrogen) atoms. The van der Waals surface area contributed by atoms with E-state index in [9.17, 15) is 4.79 Å². The first-order chi connectivity index (χ1) is 8.77. The number of aliphatic imine (C=N–C) groups is 1. The topological polar surface area (TPSA) is 118 Å². The molecule has 0 aliphatic carbocycles. The van der Waals surface area contributed by atoms with Crippen molar-refractivity contribution in [1.82, 2.24) is 25.9 Å². The lowest BCUT2D eigenvalue weighted by Crippen LogP contribution is -2.38. The standard InChI is InChI=1S/C10H15N7O/c1-12-10(17-7-11)16-3-2-13-6-8-9(18)15-5-4-14-8/h4-5,13H,2-3,6H2,1H3,(H,15,18)(H2,12,16,17). The molecule has 4 N–H and O–H groups in total. The van der Waals surface area contributed by atoms with Crippen LogP contribution in [-0.4, -0.2) is 36.1 Å². The van der Waals surface area contributed by atoms with Gasteiger partial charge in [0.2, 0.25) is 5.96 Å². The zero-order chi connectivity index (χ0) is 13.2. The highest BCUT2D eigenvalue weighted by Gasteiger charge is 1.99. The van der Waals surface area contributed by atoms with Gasteiger partial charge in [-0.1, -0.05) is 0 Å². The molecule has 1 aromatic rings. The third kappa shape index (κ3) is 4.63. The third-order valence-corrected chi connectivity index (χ3v) is 2.07. The highest BCUT2D eigenvalue weighted by molar-refractivity contribution is 5.80. The first-order valence-electron chi connectivity index (χ1n) is 5.37. The molecule has 0 atom stereocenters. The van der Waals surface area contributed by atoms with E-state index in [1.807, 2.05) is 0 Å². The Morgan fingerprint density at radius 2 is 2.44 bits per heavy atom. The van der Waals surface area contributed by atoms with E-state index < -0.39 is 0 Å². The van der Waals surface area contributed by atoms with Crippen LogP contribution in [0.15, 0.2) is 22.2 Å². The second-order valence-electron chi connectivity index (χ2n) is 3.28. The van der Waals surface area contributed by atoms with E-state index in [0.29, 0.717) is 31.3 Å². The van der Waals surface area contributed by atoms with Crippen LogP contribution in [-0.2, 0) is 6.54 Å². The summed E-state index contributed by atoms with van der Waals surface area (Å²) in [5.41, 5.74) is 0.247. The van der Waals surface area contributed by atoms with Crippen LogP contribution in [0, 0.1) is 11.5 Å². The number of guanidine groups is 1. The molecule has 1 rings (SSSR count). The summed E-state index contributed by atoms with van der Waals surface area (Å²) in [4.78, 5) is 21.6. The average molecular weight is 249 g/mol. The van der Waals surface area contributed by atoms with Crippen molar-refractivity contribution in [3.05, 3.63) is 28.4 Å². The second-order valence-corrected chi connectivity index (χ2v) is 3.28. The zero-order valence-corrected chi connectivity index (χ0v) is 10.0. The maximum atomic E-state index is 11.3. The molecular weight excluding hydrogens is 234 g/mol. The molecule has 8 nitrogen and oxygen atoms in total. The minimum absolute atomic E-state index is 0.195. The number of rotatable bonds is 5. The molecule has 1 heterocycles. The fourth-order valence-corrected chi connectivity index (χ4v) is 1.22. The SMILES string of the molecule is CN=C(NC#N)NCCNCc1ncc[nH]c1=O. The molecule has 0 unspecified atom stereocenters. The summed E-state index contributed by atoms with van der Waals surface area (Å²) in [7, 11) is 1.58. The van der Waals surface area contributed by atoms with E-state index in [1.54, 1.807) is 13.2 Å². The summed E-state index contributed by atoms with van der Waals surface area (Å²) in [6.45, 7) is 1.58. The van der Waals surface area contributed by atoms with Gasteiger partial charge in [0.15, 0.2) is 6.19 Å². The minimum atomic E-state index is -0.195. The lowest BCUT2D eigenvalue weighted by molar-refractivity contribution is 0.653. The number of aromatic amines is 1. The molecule has 8 heteroatoms. The predicted molar refractivity (Wildman–Crippen MR) is 66.7 cm³/mol. The lowest BCUT2D eigenvalue weighted by Gasteiger charge is -2.07. The van der Waals surface area contributed by atoms with Crippen molar-refractivity contribution >= 4 is 5.96 Å². The summed E-state index contributed by atoms with van der Waals surface area (Å²) in [6, 6.07) is 0. The van der Waals surface area contributed by atoms with Crippen LogP contribution in [0.5, 0.6) is 0 Å². The van der Waals surface area contributed by atoms with Gasteiger partial charge in [0.1, 0.15) is 5.69 Å². The fraction of sp³-hybridized carbons (Fsp3) is 0.400. The monoisotopic (exact) mass is 249 g/mol. The van der Waals surface area contributed by atoms with Gasteiger partial charge in [-0.3, -0.25) is 20.1 Å². The van der Waals surface area contributed by atoms with Crippen molar-refractivity contribution in [2.24, 2.45) is 4.99 Å². The largest absolute Gasteiger partial charge is 0.354 e. The Morgan fingerprint density at radius 1 is 1.61 bits per heavy atom. The highest BCUT2D eigenvalue weighted by Crippen LogP contribution is 1.80. The van der Waals surface area contributed by atoms with Crippen molar-refractivity contribution in [3.63, 3.8) is 0 Å². The summed E-state index contributed by atoms with van der Waals surface area (Å²) < 4.78 is 0. The van der Waals surface area contributed by atoms with Crippen LogP contribution in [0.3, 0.4) is 0 Å². The first kappa shape index (κ1) is 13.7. The van der Waals surface area contributed by atoms with Crippen LogP contribution in [0.4, 0.5) is 0 Å². The number of aromatic nitrogens is 2. The van der Waals surface area contributed by atoms with Crippen molar-refractivity contribution in [1.29, 1.82) is 5.26 Å². The molecule has 0 aromatic carbocycles. The predicted octanol–water partition coefficient (Wildman–Crippen LogP) is -1.49. The fourth-order valence-electron chi connectivity index (χ4n) is 1.22. The van der Waals surface area contributed by atoms with Crippen LogP contribution in [0.25, 0.3) is 0 Å². The lowest BCUT2D eigenvalue weighted by atomic mass is 10.4. The van der Waals surface area contributed by atoms with Gasteiger partial charge in [0, 0.05) is 39.1 Å². The van der Waals surface area contributed by atoms with Crippen LogP contribution in [0.1, 0.15) is 5.69 Å². The quantitative estimate of drug-likeness (QED) is 0.166. The number of H-pyrrole nitrogens is 1. The third-order valence-electron chi connectivity index (χ3n) is 2.07. The number of nitriles is 1. The summed E-state index contributed by atoms with van der Waals surface area (Å²) in [5.74, 6) is 0.412. The molecule has 96 valence electrons. The molecule has 0 saturated heterocycles. The van der Waals surface area contributed by atoms with E-state index in [4.69, 9.17) is 5.26 Å². The Hall–Kier alpha value is -2.40. The van der Waals surface area contributed by atoms with E-state index in [0.717, 1.165) is 0 Å². The number of hydrogen-bond donors (Lipinski definition) is 4. The molecule has 0 spiro atoms. The molecule has 0 fully saturated rings. The van der Waals surface area contributed by atoms with Crippen molar-refractivity contribution in [2.45, 2.75) is 6.54 Å². The molecule has 0 amide bonds. The van der Waals surface area contributed by atoms with Crippen LogP contribution in [0.2, 0.25) is 0 Å². The van der Waals surface area contributed by atoms with Crippen LogP contribution < -0.4 is 21.5 Å². The molecule has 0 radical (unpaired) electrons.